The van der Waals surface area contributed by atoms with Gasteiger partial charge in [0.1, 0.15) is 11.6 Å². The molecular weight excluding hydrogens is 249 g/mol. The summed E-state index contributed by atoms with van der Waals surface area (Å²) in [6.45, 7) is 2.38. The standard InChI is InChI=1S/C13H16FN3O2/c1-7-6-17(3-2-12(7)18)13(19)8-4-10(15)11(16)5-9(8)14/h4-5,7H,2-3,6,15-16H2,1H3. The van der Waals surface area contributed by atoms with Crippen molar-refractivity contribution in [2.75, 3.05) is 24.6 Å². The van der Waals surface area contributed by atoms with E-state index in [0.29, 0.717) is 19.5 Å². The number of halogens is 1. The van der Waals surface area contributed by atoms with Crippen molar-refractivity contribution in [2.24, 2.45) is 5.92 Å². The van der Waals surface area contributed by atoms with Gasteiger partial charge in [0.15, 0.2) is 0 Å². The van der Waals surface area contributed by atoms with Crippen LogP contribution in [0, 0.1) is 11.7 Å². The zero-order valence-electron chi connectivity index (χ0n) is 10.6. The maximum Gasteiger partial charge on any atom is 0.256 e. The van der Waals surface area contributed by atoms with Crippen LogP contribution in [-0.4, -0.2) is 29.7 Å². The van der Waals surface area contributed by atoms with Crippen molar-refractivity contribution < 1.29 is 14.0 Å². The fourth-order valence-corrected chi connectivity index (χ4v) is 2.14. The van der Waals surface area contributed by atoms with E-state index in [0.717, 1.165) is 6.07 Å². The number of rotatable bonds is 1. The van der Waals surface area contributed by atoms with Gasteiger partial charge in [-0.1, -0.05) is 6.92 Å². The van der Waals surface area contributed by atoms with Crippen LogP contribution in [0.25, 0.3) is 0 Å². The molecule has 5 nitrogen and oxygen atoms in total. The Kier molecular flexibility index (Phi) is 3.42. The minimum Gasteiger partial charge on any atom is -0.397 e. The van der Waals surface area contributed by atoms with Gasteiger partial charge in [0.05, 0.1) is 16.9 Å². The molecule has 1 atom stereocenters. The summed E-state index contributed by atoms with van der Waals surface area (Å²) in [4.78, 5) is 25.1. The van der Waals surface area contributed by atoms with Gasteiger partial charge in [-0.2, -0.15) is 0 Å². The number of Topliss-reactive ketones (excluding diaryl/α,β-unsaturated/α-hetero) is 1. The molecule has 0 spiro atoms. The normalized spacial score (nSPS) is 19.6. The molecule has 0 radical (unpaired) electrons. The number of likely N-dealkylation sites (tertiary alicyclic amines) is 1. The number of anilines is 2. The topological polar surface area (TPSA) is 89.4 Å². The lowest BCUT2D eigenvalue weighted by Crippen LogP contribution is -2.43. The molecule has 0 aromatic heterocycles. The Hall–Kier alpha value is -2.11. The van der Waals surface area contributed by atoms with Crippen molar-refractivity contribution in [1.82, 2.24) is 4.90 Å². The molecule has 19 heavy (non-hydrogen) atoms. The monoisotopic (exact) mass is 265 g/mol. The second-order valence-electron chi connectivity index (χ2n) is 4.83. The summed E-state index contributed by atoms with van der Waals surface area (Å²) in [6, 6.07) is 2.29. The van der Waals surface area contributed by atoms with Gasteiger partial charge in [0, 0.05) is 25.4 Å². The predicted molar refractivity (Wildman–Crippen MR) is 69.9 cm³/mol. The molecule has 1 heterocycles. The fourth-order valence-electron chi connectivity index (χ4n) is 2.14. The van der Waals surface area contributed by atoms with E-state index in [1.807, 2.05) is 0 Å². The van der Waals surface area contributed by atoms with E-state index in [9.17, 15) is 14.0 Å². The van der Waals surface area contributed by atoms with E-state index in [4.69, 9.17) is 11.5 Å². The van der Waals surface area contributed by atoms with Gasteiger partial charge in [0.2, 0.25) is 0 Å². The first-order valence-electron chi connectivity index (χ1n) is 6.06. The maximum absolute atomic E-state index is 13.8. The Morgan fingerprint density at radius 3 is 2.63 bits per heavy atom. The number of carbonyl (C=O) groups is 2. The Labute approximate surface area is 110 Å². The first kappa shape index (κ1) is 13.3. The second kappa shape index (κ2) is 4.87. The van der Waals surface area contributed by atoms with Crippen LogP contribution in [0.2, 0.25) is 0 Å². The molecule has 0 saturated carbocycles. The van der Waals surface area contributed by atoms with E-state index < -0.39 is 11.7 Å². The molecule has 1 aliphatic rings. The summed E-state index contributed by atoms with van der Waals surface area (Å²) in [5, 5.41) is 0. The van der Waals surface area contributed by atoms with Crippen molar-refractivity contribution >= 4 is 23.1 Å². The Morgan fingerprint density at radius 2 is 2.00 bits per heavy atom. The molecule has 2 rings (SSSR count). The van der Waals surface area contributed by atoms with Crippen LogP contribution >= 0.6 is 0 Å². The molecular formula is C13H16FN3O2. The fraction of sp³-hybridized carbons (Fsp3) is 0.385. The van der Waals surface area contributed by atoms with Crippen LogP contribution in [0.15, 0.2) is 12.1 Å². The van der Waals surface area contributed by atoms with Crippen LogP contribution in [0.1, 0.15) is 23.7 Å². The van der Waals surface area contributed by atoms with E-state index in [2.05, 4.69) is 0 Å². The number of nitrogen functional groups attached to an aromatic ring is 2. The smallest absolute Gasteiger partial charge is 0.256 e. The van der Waals surface area contributed by atoms with E-state index >= 15 is 0 Å². The van der Waals surface area contributed by atoms with Crippen LogP contribution in [0.3, 0.4) is 0 Å². The number of amides is 1. The van der Waals surface area contributed by atoms with E-state index in [1.54, 1.807) is 6.92 Å². The molecule has 0 bridgehead atoms. The van der Waals surface area contributed by atoms with Crippen LogP contribution in [0.5, 0.6) is 0 Å². The first-order chi connectivity index (χ1) is 8.90. The highest BCUT2D eigenvalue weighted by atomic mass is 19.1. The van der Waals surface area contributed by atoms with Gasteiger partial charge in [-0.05, 0) is 12.1 Å². The number of carbonyl (C=O) groups excluding carboxylic acids is 2. The molecule has 0 aliphatic carbocycles. The number of nitrogens with zero attached hydrogens (tertiary/aromatic N) is 1. The molecule has 1 unspecified atom stereocenters. The maximum atomic E-state index is 13.8. The van der Waals surface area contributed by atoms with Crippen LogP contribution in [-0.2, 0) is 4.79 Å². The first-order valence-corrected chi connectivity index (χ1v) is 6.06. The highest BCUT2D eigenvalue weighted by Gasteiger charge is 2.28. The third-order valence-electron chi connectivity index (χ3n) is 3.36. The van der Waals surface area contributed by atoms with Gasteiger partial charge in [0.25, 0.3) is 5.91 Å². The molecule has 4 N–H and O–H groups in total. The third kappa shape index (κ3) is 2.52. The number of nitrogens with two attached hydrogens (primary N) is 2. The Morgan fingerprint density at radius 1 is 1.37 bits per heavy atom. The summed E-state index contributed by atoms with van der Waals surface area (Å²) < 4.78 is 13.8. The lowest BCUT2D eigenvalue weighted by atomic mass is 9.98. The number of piperidine rings is 1. The second-order valence-corrected chi connectivity index (χ2v) is 4.83. The SMILES string of the molecule is CC1CN(C(=O)c2cc(N)c(N)cc2F)CCC1=O. The molecule has 1 saturated heterocycles. The highest BCUT2D eigenvalue weighted by molar-refractivity contribution is 5.97. The quantitative estimate of drug-likeness (QED) is 0.742. The minimum atomic E-state index is -0.693. The summed E-state index contributed by atoms with van der Waals surface area (Å²) in [5.41, 5.74) is 11.2. The van der Waals surface area contributed by atoms with Crippen LogP contribution in [0.4, 0.5) is 15.8 Å². The molecule has 1 fully saturated rings. The van der Waals surface area contributed by atoms with Gasteiger partial charge in [-0.15, -0.1) is 0 Å². The van der Waals surface area contributed by atoms with Gasteiger partial charge in [-0.25, -0.2) is 4.39 Å². The third-order valence-corrected chi connectivity index (χ3v) is 3.36. The summed E-state index contributed by atoms with van der Waals surface area (Å²) in [7, 11) is 0. The molecule has 6 heteroatoms. The molecule has 102 valence electrons. The largest absolute Gasteiger partial charge is 0.397 e. The van der Waals surface area contributed by atoms with Crippen LogP contribution < -0.4 is 11.5 Å². The van der Waals surface area contributed by atoms with Gasteiger partial charge in [-0.3, -0.25) is 9.59 Å². The number of hydrogen-bond acceptors (Lipinski definition) is 4. The lowest BCUT2D eigenvalue weighted by Gasteiger charge is -2.30. The molecule has 1 amide bonds. The zero-order valence-corrected chi connectivity index (χ0v) is 10.6. The molecule has 1 aromatic rings. The number of ketones is 1. The van der Waals surface area contributed by atoms with Gasteiger partial charge < -0.3 is 16.4 Å². The number of hydrogen-bond donors (Lipinski definition) is 2. The summed E-state index contributed by atoms with van der Waals surface area (Å²) in [5.74, 6) is -1.24. The predicted octanol–water partition coefficient (Wildman–Crippen LogP) is 1.04. The van der Waals surface area contributed by atoms with E-state index in [1.165, 1.54) is 11.0 Å². The van der Waals surface area contributed by atoms with Gasteiger partial charge >= 0.3 is 0 Å². The molecule has 1 aliphatic heterocycles. The van der Waals surface area contributed by atoms with Crippen molar-refractivity contribution in [2.45, 2.75) is 13.3 Å². The van der Waals surface area contributed by atoms with Crippen molar-refractivity contribution in [1.29, 1.82) is 0 Å². The molecule has 1 aromatic carbocycles. The van der Waals surface area contributed by atoms with Crippen molar-refractivity contribution in [3.63, 3.8) is 0 Å². The zero-order chi connectivity index (χ0) is 14.2. The minimum absolute atomic E-state index is 0.103. The lowest BCUT2D eigenvalue weighted by molar-refractivity contribution is -0.124. The Bertz CT molecular complexity index is 545. The summed E-state index contributed by atoms with van der Waals surface area (Å²) >= 11 is 0. The number of benzene rings is 1. The van der Waals surface area contributed by atoms with E-state index in [-0.39, 0.29) is 28.6 Å². The Balaban J connectivity index is 2.25. The average molecular weight is 265 g/mol. The average Bonchev–Trinajstić information content (AvgIpc) is 2.36. The van der Waals surface area contributed by atoms with Crippen molar-refractivity contribution in [3.8, 4) is 0 Å². The summed E-state index contributed by atoms with van der Waals surface area (Å²) in [6.07, 6.45) is 0.305. The highest BCUT2D eigenvalue weighted by Crippen LogP contribution is 2.23. The van der Waals surface area contributed by atoms with Crippen molar-refractivity contribution in [3.05, 3.63) is 23.5 Å².